The molecule has 1 fully saturated rings. The molecule has 0 bridgehead atoms. The van der Waals surface area contributed by atoms with Crippen molar-refractivity contribution in [2.24, 2.45) is 5.92 Å². The molecule has 3 rings (SSSR count). The zero-order valence-corrected chi connectivity index (χ0v) is 18.4. The van der Waals surface area contributed by atoms with Gasteiger partial charge in [0.05, 0.1) is 22.6 Å². The molecule has 1 heterocycles. The van der Waals surface area contributed by atoms with Crippen molar-refractivity contribution in [3.05, 3.63) is 52.5 Å². The second kappa shape index (κ2) is 10.5. The third-order valence-corrected chi connectivity index (χ3v) is 5.37. The number of nitrogens with one attached hydrogen (secondary N) is 1. The molecule has 31 heavy (non-hydrogen) atoms. The highest BCUT2D eigenvalue weighted by molar-refractivity contribution is 6.42. The molecule has 9 heteroatoms. The number of rotatable bonds is 8. The van der Waals surface area contributed by atoms with Crippen molar-refractivity contribution < 1.29 is 23.9 Å². The Morgan fingerprint density at radius 1 is 1.13 bits per heavy atom. The van der Waals surface area contributed by atoms with Gasteiger partial charge >= 0.3 is 5.97 Å². The van der Waals surface area contributed by atoms with Crippen LogP contribution in [0.15, 0.2) is 42.5 Å². The van der Waals surface area contributed by atoms with E-state index in [9.17, 15) is 14.4 Å². The number of carbonyl (C=O) groups is 3. The van der Waals surface area contributed by atoms with Gasteiger partial charge < -0.3 is 19.7 Å². The number of benzene rings is 2. The first-order valence-electron chi connectivity index (χ1n) is 9.82. The third kappa shape index (κ3) is 6.12. The largest absolute Gasteiger partial charge is 0.494 e. The first-order valence-corrected chi connectivity index (χ1v) is 10.6. The summed E-state index contributed by atoms with van der Waals surface area (Å²) in [5.41, 5.74) is 1.12. The fraction of sp³-hybridized carbons (Fsp3) is 0.318. The molecule has 1 aliphatic heterocycles. The van der Waals surface area contributed by atoms with Crippen molar-refractivity contribution >= 4 is 52.4 Å². The Bertz CT molecular complexity index is 965. The minimum Gasteiger partial charge on any atom is -0.494 e. The van der Waals surface area contributed by atoms with E-state index in [-0.39, 0.29) is 18.9 Å². The predicted molar refractivity (Wildman–Crippen MR) is 119 cm³/mol. The van der Waals surface area contributed by atoms with Crippen LogP contribution < -0.4 is 15.0 Å². The lowest BCUT2D eigenvalue weighted by Gasteiger charge is -2.17. The summed E-state index contributed by atoms with van der Waals surface area (Å²) in [7, 11) is 0. The van der Waals surface area contributed by atoms with Crippen molar-refractivity contribution in [3.63, 3.8) is 0 Å². The smallest absolute Gasteiger partial charge is 0.311 e. The quantitative estimate of drug-likeness (QED) is 0.588. The van der Waals surface area contributed by atoms with E-state index in [1.807, 2.05) is 6.92 Å². The monoisotopic (exact) mass is 464 g/mol. The highest BCUT2D eigenvalue weighted by Crippen LogP contribution is 2.28. The van der Waals surface area contributed by atoms with Gasteiger partial charge in [0.2, 0.25) is 5.91 Å². The molecule has 0 saturated carbocycles. The van der Waals surface area contributed by atoms with E-state index in [2.05, 4.69) is 5.32 Å². The zero-order chi connectivity index (χ0) is 22.4. The summed E-state index contributed by atoms with van der Waals surface area (Å²) in [5.74, 6) is -1.20. The Labute approximate surface area is 190 Å². The fourth-order valence-corrected chi connectivity index (χ4v) is 3.38. The number of ether oxygens (including phenoxy) is 2. The first-order chi connectivity index (χ1) is 14.9. The van der Waals surface area contributed by atoms with Gasteiger partial charge in [-0.3, -0.25) is 14.4 Å². The summed E-state index contributed by atoms with van der Waals surface area (Å²) >= 11 is 11.7. The molecule has 0 spiro atoms. The van der Waals surface area contributed by atoms with Gasteiger partial charge in [0.25, 0.3) is 5.91 Å². The maximum Gasteiger partial charge on any atom is 0.311 e. The zero-order valence-electron chi connectivity index (χ0n) is 16.9. The molecule has 0 unspecified atom stereocenters. The van der Waals surface area contributed by atoms with E-state index in [1.54, 1.807) is 36.4 Å². The summed E-state index contributed by atoms with van der Waals surface area (Å²) < 4.78 is 10.6. The van der Waals surface area contributed by atoms with Crippen LogP contribution in [0.5, 0.6) is 5.75 Å². The maximum absolute atomic E-state index is 12.4. The summed E-state index contributed by atoms with van der Waals surface area (Å²) in [6.45, 7) is 2.37. The molecule has 0 radical (unpaired) electrons. The van der Waals surface area contributed by atoms with E-state index in [1.165, 1.54) is 11.0 Å². The Morgan fingerprint density at radius 3 is 2.55 bits per heavy atom. The van der Waals surface area contributed by atoms with Crippen LogP contribution >= 0.6 is 23.2 Å². The van der Waals surface area contributed by atoms with Gasteiger partial charge in [-0.2, -0.15) is 0 Å². The van der Waals surface area contributed by atoms with Crippen molar-refractivity contribution in [1.29, 1.82) is 0 Å². The molecule has 1 saturated heterocycles. The number of hydrogen-bond donors (Lipinski definition) is 1. The summed E-state index contributed by atoms with van der Waals surface area (Å²) in [6.07, 6.45) is 0.933. The van der Waals surface area contributed by atoms with Crippen LogP contribution in [0.4, 0.5) is 11.4 Å². The molecule has 164 valence electrons. The molecule has 1 aliphatic rings. The molecule has 2 aromatic rings. The number of halogens is 2. The molecule has 0 aliphatic carbocycles. The van der Waals surface area contributed by atoms with Gasteiger partial charge in [-0.05, 0) is 48.9 Å². The van der Waals surface area contributed by atoms with Crippen LogP contribution in [0.1, 0.15) is 19.8 Å². The van der Waals surface area contributed by atoms with Crippen LogP contribution in [0, 0.1) is 5.92 Å². The third-order valence-electron chi connectivity index (χ3n) is 4.63. The van der Waals surface area contributed by atoms with Crippen LogP contribution in [-0.4, -0.2) is 37.5 Å². The lowest BCUT2D eigenvalue weighted by Crippen LogP contribution is -2.28. The number of esters is 1. The average molecular weight is 465 g/mol. The Kier molecular flexibility index (Phi) is 7.76. The van der Waals surface area contributed by atoms with Crippen molar-refractivity contribution in [1.82, 2.24) is 0 Å². The normalized spacial score (nSPS) is 15.6. The molecular formula is C22H22Cl2N2O5. The molecule has 0 aromatic heterocycles. The highest BCUT2D eigenvalue weighted by Gasteiger charge is 2.36. The fourth-order valence-electron chi connectivity index (χ4n) is 3.08. The van der Waals surface area contributed by atoms with Crippen molar-refractivity contribution in [3.8, 4) is 5.75 Å². The topological polar surface area (TPSA) is 84.9 Å². The van der Waals surface area contributed by atoms with E-state index in [0.29, 0.717) is 28.0 Å². The van der Waals surface area contributed by atoms with Gasteiger partial charge in [0, 0.05) is 24.3 Å². The van der Waals surface area contributed by atoms with Crippen molar-refractivity contribution in [2.75, 3.05) is 30.0 Å². The van der Waals surface area contributed by atoms with Crippen LogP contribution in [0.25, 0.3) is 0 Å². The summed E-state index contributed by atoms with van der Waals surface area (Å²) in [6, 6.07) is 11.8. The minimum atomic E-state index is -0.638. The van der Waals surface area contributed by atoms with E-state index >= 15 is 0 Å². The van der Waals surface area contributed by atoms with Gasteiger partial charge in [0.15, 0.2) is 6.61 Å². The molecule has 1 N–H and O–H groups in total. The van der Waals surface area contributed by atoms with Gasteiger partial charge in [0.1, 0.15) is 5.75 Å². The SMILES string of the molecule is CCCOc1ccc(N2C[C@@H](C(=O)OCC(=O)Nc3ccc(Cl)c(Cl)c3)CC2=O)cc1. The van der Waals surface area contributed by atoms with Gasteiger partial charge in [-0.1, -0.05) is 30.1 Å². The minimum absolute atomic E-state index is 0.0291. The number of nitrogens with zero attached hydrogens (tertiary/aromatic N) is 1. The Morgan fingerprint density at radius 2 is 1.87 bits per heavy atom. The molecule has 1 atom stereocenters. The van der Waals surface area contributed by atoms with E-state index in [4.69, 9.17) is 32.7 Å². The van der Waals surface area contributed by atoms with Crippen LogP contribution in [-0.2, 0) is 19.1 Å². The maximum atomic E-state index is 12.4. The average Bonchev–Trinajstić information content (AvgIpc) is 3.15. The predicted octanol–water partition coefficient (Wildman–Crippen LogP) is 4.32. The number of carbonyl (C=O) groups excluding carboxylic acids is 3. The van der Waals surface area contributed by atoms with Crippen LogP contribution in [0.2, 0.25) is 10.0 Å². The van der Waals surface area contributed by atoms with E-state index in [0.717, 1.165) is 12.2 Å². The highest BCUT2D eigenvalue weighted by atomic mass is 35.5. The van der Waals surface area contributed by atoms with Gasteiger partial charge in [-0.25, -0.2) is 0 Å². The molecular weight excluding hydrogens is 443 g/mol. The Balaban J connectivity index is 1.50. The van der Waals surface area contributed by atoms with Crippen LogP contribution in [0.3, 0.4) is 0 Å². The molecule has 2 aromatic carbocycles. The second-order valence-corrected chi connectivity index (χ2v) is 7.85. The first kappa shape index (κ1) is 22.9. The summed E-state index contributed by atoms with van der Waals surface area (Å²) in [5, 5.41) is 3.23. The molecule has 7 nitrogen and oxygen atoms in total. The second-order valence-electron chi connectivity index (χ2n) is 7.03. The van der Waals surface area contributed by atoms with E-state index < -0.39 is 24.4 Å². The Hall–Kier alpha value is -2.77. The molecule has 2 amide bonds. The van der Waals surface area contributed by atoms with Gasteiger partial charge in [-0.15, -0.1) is 0 Å². The number of hydrogen-bond acceptors (Lipinski definition) is 5. The lowest BCUT2D eigenvalue weighted by molar-refractivity contribution is -0.151. The summed E-state index contributed by atoms with van der Waals surface area (Å²) in [4.78, 5) is 38.3. The lowest BCUT2D eigenvalue weighted by atomic mass is 10.1. The standard InChI is InChI=1S/C22H22Cl2N2O5/c1-2-9-30-17-6-4-16(5-7-17)26-12-14(10-21(26)28)22(29)31-13-20(27)25-15-3-8-18(23)19(24)11-15/h3-8,11,14H,2,9-10,12-13H2,1H3,(H,25,27)/t14-/m0/s1. The van der Waals surface area contributed by atoms with Crippen molar-refractivity contribution in [2.45, 2.75) is 19.8 Å². The number of anilines is 2. The number of amides is 2.